The number of methoxy groups -OCH3 is 1. The number of para-hydroxylation sites is 1. The highest BCUT2D eigenvalue weighted by Gasteiger charge is 2.50. The molecule has 0 unspecified atom stereocenters. The lowest BCUT2D eigenvalue weighted by Crippen LogP contribution is -2.63. The van der Waals surface area contributed by atoms with E-state index in [-0.39, 0.29) is 17.0 Å². The number of hydrogen-bond donors (Lipinski definition) is 4. The second-order valence-corrected chi connectivity index (χ2v) is 10.6. The zero-order valence-corrected chi connectivity index (χ0v) is 23.5. The number of carbonyl (C=O) groups excluding carboxylic acids is 1. The van der Waals surface area contributed by atoms with Crippen LogP contribution in [0.4, 0.5) is 5.69 Å². The second kappa shape index (κ2) is 11.2. The van der Waals surface area contributed by atoms with Gasteiger partial charge in [0.25, 0.3) is 5.91 Å². The van der Waals surface area contributed by atoms with Gasteiger partial charge >= 0.3 is 5.63 Å². The monoisotopic (exact) mass is 566 g/mol. The molecule has 4 aromatic rings. The molecule has 0 aliphatic carbocycles. The summed E-state index contributed by atoms with van der Waals surface area (Å²) in [6, 6.07) is 12.3. The number of aliphatic hydroxyl groups excluding tert-OH is 2. The van der Waals surface area contributed by atoms with Gasteiger partial charge in [0.15, 0.2) is 11.5 Å². The molecule has 0 saturated carbocycles. The number of H-pyrrole nitrogens is 1. The average Bonchev–Trinajstić information content (AvgIpc) is 3.38. The molecule has 1 aliphatic heterocycles. The molecule has 4 atom stereocenters. The van der Waals surface area contributed by atoms with Crippen molar-refractivity contribution >= 4 is 33.5 Å². The predicted octanol–water partition coefficient (Wildman–Crippen LogP) is 3.87. The van der Waals surface area contributed by atoms with Gasteiger partial charge in [-0.2, -0.15) is 0 Å². The van der Waals surface area contributed by atoms with Crippen molar-refractivity contribution in [1.82, 2.24) is 4.98 Å². The Morgan fingerprint density at radius 3 is 2.59 bits per heavy atom. The van der Waals surface area contributed by atoms with Crippen molar-refractivity contribution in [2.75, 3.05) is 19.0 Å². The van der Waals surface area contributed by atoms with Crippen LogP contribution in [0.2, 0.25) is 0 Å². The topological polar surface area (TPSA) is 152 Å². The van der Waals surface area contributed by atoms with Crippen molar-refractivity contribution in [3.8, 4) is 11.5 Å². The van der Waals surface area contributed by atoms with E-state index in [1.54, 1.807) is 32.9 Å². The first-order chi connectivity index (χ1) is 19.5. The largest absolute Gasteiger partial charge is 0.490 e. The number of aromatic amines is 1. The van der Waals surface area contributed by atoms with Crippen LogP contribution in [0.3, 0.4) is 0 Å². The fourth-order valence-electron chi connectivity index (χ4n) is 5.14. The van der Waals surface area contributed by atoms with Crippen LogP contribution in [0.5, 0.6) is 11.5 Å². The molecule has 5 rings (SSSR count). The van der Waals surface area contributed by atoms with Crippen molar-refractivity contribution < 1.29 is 38.4 Å². The minimum absolute atomic E-state index is 0.0443. The molecular formula is C30H34N2O9. The number of aromatic nitrogens is 1. The van der Waals surface area contributed by atoms with Gasteiger partial charge in [-0.05, 0) is 51.5 Å². The minimum Gasteiger partial charge on any atom is -0.490 e. The molecule has 0 radical (unpaired) electrons. The number of ether oxygens (including phenoxy) is 4. The van der Waals surface area contributed by atoms with E-state index in [4.69, 9.17) is 23.4 Å². The molecule has 2 aromatic carbocycles. The van der Waals surface area contributed by atoms with Crippen molar-refractivity contribution in [3.05, 3.63) is 64.1 Å². The zero-order chi connectivity index (χ0) is 29.5. The van der Waals surface area contributed by atoms with Gasteiger partial charge in [-0.15, -0.1) is 0 Å². The zero-order valence-electron chi connectivity index (χ0n) is 23.5. The van der Waals surface area contributed by atoms with Gasteiger partial charge in [0.05, 0.1) is 12.2 Å². The molecule has 1 fully saturated rings. The first kappa shape index (κ1) is 28.6. The third-order valence-corrected chi connectivity index (χ3v) is 7.18. The number of nitrogens with one attached hydrogen (secondary N) is 2. The van der Waals surface area contributed by atoms with Gasteiger partial charge in [-0.3, -0.25) is 4.79 Å². The Balaban J connectivity index is 1.49. The summed E-state index contributed by atoms with van der Waals surface area (Å²) in [5.74, 6) is 0.00776. The van der Waals surface area contributed by atoms with Crippen LogP contribution in [0, 0.1) is 6.92 Å². The molecule has 0 bridgehead atoms. The number of carbonyl (C=O) groups is 1. The Morgan fingerprint density at radius 1 is 1.12 bits per heavy atom. The summed E-state index contributed by atoms with van der Waals surface area (Å²) >= 11 is 0. The summed E-state index contributed by atoms with van der Waals surface area (Å²) in [5.41, 5.74) is -0.0793. The lowest BCUT2D eigenvalue weighted by molar-refractivity contribution is -0.306. The molecule has 4 N–H and O–H groups in total. The van der Waals surface area contributed by atoms with Gasteiger partial charge in [-0.25, -0.2) is 4.79 Å². The van der Waals surface area contributed by atoms with E-state index in [9.17, 15) is 19.8 Å². The number of anilines is 1. The maximum atomic E-state index is 13.0. The first-order valence-corrected chi connectivity index (χ1v) is 13.4. The highest BCUT2D eigenvalue weighted by molar-refractivity contribution is 6.06. The summed E-state index contributed by atoms with van der Waals surface area (Å²) in [5, 5.41) is 25.4. The van der Waals surface area contributed by atoms with E-state index in [0.29, 0.717) is 35.4 Å². The number of benzene rings is 2. The Hall–Kier alpha value is -3.90. The third-order valence-electron chi connectivity index (χ3n) is 7.18. The highest BCUT2D eigenvalue weighted by Crippen LogP contribution is 2.41. The number of fused-ring (bicyclic) bond motifs is 2. The molecule has 11 heteroatoms. The van der Waals surface area contributed by atoms with E-state index in [0.717, 1.165) is 10.9 Å². The number of rotatable bonds is 8. The normalized spacial score (nSPS) is 22.1. The smallest absolute Gasteiger partial charge is 0.360 e. The summed E-state index contributed by atoms with van der Waals surface area (Å²) in [4.78, 5) is 28.9. The van der Waals surface area contributed by atoms with E-state index in [2.05, 4.69) is 10.3 Å². The second-order valence-electron chi connectivity index (χ2n) is 10.6. The van der Waals surface area contributed by atoms with Gasteiger partial charge in [0.1, 0.15) is 35.3 Å². The Morgan fingerprint density at radius 2 is 1.88 bits per heavy atom. The molecule has 2 aromatic heterocycles. The number of amides is 1. The Kier molecular flexibility index (Phi) is 7.80. The highest BCUT2D eigenvalue weighted by atomic mass is 16.7. The van der Waals surface area contributed by atoms with Gasteiger partial charge in [-0.1, -0.05) is 25.1 Å². The van der Waals surface area contributed by atoms with Crippen LogP contribution in [0.1, 0.15) is 43.2 Å². The van der Waals surface area contributed by atoms with Crippen molar-refractivity contribution in [1.29, 1.82) is 0 Å². The first-order valence-electron chi connectivity index (χ1n) is 13.4. The Bertz CT molecular complexity index is 1610. The van der Waals surface area contributed by atoms with Crippen LogP contribution in [-0.2, 0) is 9.47 Å². The fourth-order valence-corrected chi connectivity index (χ4v) is 5.14. The van der Waals surface area contributed by atoms with Crippen LogP contribution in [-0.4, -0.2) is 65.0 Å². The summed E-state index contributed by atoms with van der Waals surface area (Å²) in [6.07, 6.45) is -4.07. The molecule has 1 saturated heterocycles. The minimum atomic E-state index is -1.43. The molecule has 11 nitrogen and oxygen atoms in total. The summed E-state index contributed by atoms with van der Waals surface area (Å²) in [6.45, 7) is 7.42. The van der Waals surface area contributed by atoms with Crippen molar-refractivity contribution in [2.45, 2.75) is 64.3 Å². The number of hydrogen-bond acceptors (Lipinski definition) is 9. The maximum Gasteiger partial charge on any atom is 0.360 e. The fraction of sp³-hybridized carbons (Fsp3) is 0.400. The van der Waals surface area contributed by atoms with E-state index in [1.807, 2.05) is 31.2 Å². The summed E-state index contributed by atoms with van der Waals surface area (Å²) < 4.78 is 29.0. The van der Waals surface area contributed by atoms with E-state index < -0.39 is 41.7 Å². The molecule has 3 heterocycles. The average molecular weight is 567 g/mol. The standard InChI is InChI=1S/C30H34N2O9/c1-6-11-38-21-14-17-13-20(32-27(35)19-12-16-9-7-8-10-18(16)31-19)28(36)39-24(17)15(2)25(21)40-29-23(34)22(33)26(37-5)30(3,4)41-29/h7-10,12-14,22-23,26,29,31,33-34H,6,11H2,1-5H3,(H,32,35)/t22-,23+,26+,29+/m0/s1. The van der Waals surface area contributed by atoms with Gasteiger partial charge in [0.2, 0.25) is 6.29 Å². The molecule has 1 aliphatic rings. The molecule has 0 spiro atoms. The molecular weight excluding hydrogens is 532 g/mol. The van der Waals surface area contributed by atoms with E-state index in [1.165, 1.54) is 13.2 Å². The lowest BCUT2D eigenvalue weighted by atomic mass is 9.89. The number of aryl methyl sites for hydroxylation is 1. The van der Waals surface area contributed by atoms with Crippen LogP contribution < -0.4 is 20.4 Å². The van der Waals surface area contributed by atoms with Gasteiger partial charge < -0.3 is 43.9 Å². The van der Waals surface area contributed by atoms with Crippen molar-refractivity contribution in [3.63, 3.8) is 0 Å². The van der Waals surface area contributed by atoms with Crippen LogP contribution in [0.25, 0.3) is 21.9 Å². The molecule has 41 heavy (non-hydrogen) atoms. The Labute approximate surface area is 236 Å². The van der Waals surface area contributed by atoms with E-state index >= 15 is 0 Å². The predicted molar refractivity (Wildman–Crippen MR) is 152 cm³/mol. The third kappa shape index (κ3) is 5.41. The van der Waals surface area contributed by atoms with Crippen LogP contribution >= 0.6 is 0 Å². The number of aliphatic hydroxyl groups is 2. The molecule has 1 amide bonds. The molecule has 218 valence electrons. The van der Waals surface area contributed by atoms with Gasteiger partial charge in [0, 0.05) is 29.0 Å². The SMILES string of the molecule is CCCOc1cc2cc(NC(=O)c3cc4ccccc4[nH]3)c(=O)oc2c(C)c1O[C@@H]1OC(C)(C)[C@H](OC)[C@@H](O)[C@H]1O. The summed E-state index contributed by atoms with van der Waals surface area (Å²) in [7, 11) is 1.43. The van der Waals surface area contributed by atoms with Crippen LogP contribution in [0.15, 0.2) is 51.7 Å². The quantitative estimate of drug-likeness (QED) is 0.233. The lowest BCUT2D eigenvalue weighted by Gasteiger charge is -2.46. The van der Waals surface area contributed by atoms with Crippen molar-refractivity contribution in [2.24, 2.45) is 0 Å². The maximum absolute atomic E-state index is 13.0.